The van der Waals surface area contributed by atoms with Crippen LogP contribution >= 0.6 is 23.2 Å². The molecule has 0 aliphatic carbocycles. The first kappa shape index (κ1) is 19.6. The van der Waals surface area contributed by atoms with Crippen LogP contribution in [0.1, 0.15) is 33.1 Å². The number of ether oxygens (including phenoxy) is 1. The Bertz CT molecular complexity index is 538. The molecule has 0 saturated carbocycles. The van der Waals surface area contributed by atoms with E-state index in [1.165, 1.54) is 0 Å². The maximum atomic E-state index is 11.7. The van der Waals surface area contributed by atoms with Crippen molar-refractivity contribution in [3.8, 4) is 5.75 Å². The molecule has 128 valence electrons. The Morgan fingerprint density at radius 3 is 2.65 bits per heavy atom. The molecule has 1 unspecified atom stereocenters. The minimum atomic E-state index is -0.181. The summed E-state index contributed by atoms with van der Waals surface area (Å²) in [4.78, 5) is 23.2. The fourth-order valence-corrected chi connectivity index (χ4v) is 2.05. The minimum Gasteiger partial charge on any atom is -0.491 e. The van der Waals surface area contributed by atoms with Gasteiger partial charge in [0.1, 0.15) is 10.8 Å². The van der Waals surface area contributed by atoms with Crippen LogP contribution in [0.4, 0.5) is 0 Å². The minimum absolute atomic E-state index is 0.0680. The monoisotopic (exact) mass is 360 g/mol. The van der Waals surface area contributed by atoms with Gasteiger partial charge in [-0.1, -0.05) is 36.2 Å². The molecule has 23 heavy (non-hydrogen) atoms. The predicted octanol–water partition coefficient (Wildman–Crippen LogP) is 3.18. The lowest BCUT2D eigenvalue weighted by Gasteiger charge is -2.12. The van der Waals surface area contributed by atoms with E-state index in [2.05, 4.69) is 10.6 Å². The molecule has 1 aromatic carbocycles. The van der Waals surface area contributed by atoms with Gasteiger partial charge in [-0.05, 0) is 25.5 Å². The first-order valence-corrected chi connectivity index (χ1v) is 8.32. The standard InChI is InChI=1S/C16H22Cl2N2O3/c1-3-11(2)20-15(22)7-9-19-14(21)8-10-23-13-6-4-5-12(17)16(13)18/h4-6,11H,3,7-10H2,1-2H3,(H,19,21)(H,20,22). The molecule has 2 N–H and O–H groups in total. The van der Waals surface area contributed by atoms with E-state index in [9.17, 15) is 9.59 Å². The quantitative estimate of drug-likeness (QED) is 0.710. The first-order valence-electron chi connectivity index (χ1n) is 7.57. The Morgan fingerprint density at radius 2 is 1.96 bits per heavy atom. The van der Waals surface area contributed by atoms with Crippen molar-refractivity contribution >= 4 is 35.0 Å². The number of amides is 2. The van der Waals surface area contributed by atoms with Gasteiger partial charge >= 0.3 is 0 Å². The lowest BCUT2D eigenvalue weighted by Crippen LogP contribution is -2.35. The highest BCUT2D eigenvalue weighted by atomic mass is 35.5. The SMILES string of the molecule is CCC(C)NC(=O)CCNC(=O)CCOc1cccc(Cl)c1Cl. The third-order valence-corrected chi connectivity index (χ3v) is 4.00. The fraction of sp³-hybridized carbons (Fsp3) is 0.500. The second-order valence-corrected chi connectivity index (χ2v) is 5.91. The molecule has 0 radical (unpaired) electrons. The summed E-state index contributed by atoms with van der Waals surface area (Å²) in [6, 6.07) is 5.22. The predicted molar refractivity (Wildman–Crippen MR) is 92.1 cm³/mol. The molecular weight excluding hydrogens is 339 g/mol. The van der Waals surface area contributed by atoms with Crippen LogP contribution in [0.2, 0.25) is 10.0 Å². The summed E-state index contributed by atoms with van der Waals surface area (Å²) in [7, 11) is 0. The number of carbonyl (C=O) groups excluding carboxylic acids is 2. The van der Waals surface area contributed by atoms with Crippen molar-refractivity contribution in [3.63, 3.8) is 0 Å². The van der Waals surface area contributed by atoms with Crippen LogP contribution in [0.25, 0.3) is 0 Å². The van der Waals surface area contributed by atoms with Crippen LogP contribution in [0.5, 0.6) is 5.75 Å². The molecule has 0 aliphatic rings. The van der Waals surface area contributed by atoms with Gasteiger partial charge in [-0.15, -0.1) is 0 Å². The van der Waals surface area contributed by atoms with Gasteiger partial charge in [0, 0.05) is 19.0 Å². The molecule has 0 fully saturated rings. The van der Waals surface area contributed by atoms with Gasteiger partial charge in [-0.3, -0.25) is 9.59 Å². The molecule has 2 amide bonds. The zero-order valence-electron chi connectivity index (χ0n) is 13.3. The zero-order valence-corrected chi connectivity index (χ0v) is 14.8. The topological polar surface area (TPSA) is 67.4 Å². The normalized spacial score (nSPS) is 11.7. The number of nitrogens with one attached hydrogen (secondary N) is 2. The van der Waals surface area contributed by atoms with Gasteiger partial charge < -0.3 is 15.4 Å². The van der Waals surface area contributed by atoms with Crippen LogP contribution in [0.15, 0.2) is 18.2 Å². The molecule has 1 aromatic rings. The second kappa shape index (κ2) is 10.3. The van der Waals surface area contributed by atoms with Crippen LogP contribution in [-0.2, 0) is 9.59 Å². The van der Waals surface area contributed by atoms with Crippen molar-refractivity contribution in [3.05, 3.63) is 28.2 Å². The highest BCUT2D eigenvalue weighted by Gasteiger charge is 2.08. The van der Waals surface area contributed by atoms with E-state index in [1.807, 2.05) is 13.8 Å². The molecule has 0 aromatic heterocycles. The van der Waals surface area contributed by atoms with E-state index in [0.29, 0.717) is 22.3 Å². The summed E-state index contributed by atoms with van der Waals surface area (Å²) in [5.74, 6) is 0.195. The Labute approximate surface area is 146 Å². The van der Waals surface area contributed by atoms with Crippen molar-refractivity contribution in [2.45, 2.75) is 39.2 Å². The smallest absolute Gasteiger partial charge is 0.223 e. The van der Waals surface area contributed by atoms with Gasteiger partial charge in [0.05, 0.1) is 18.1 Å². The largest absolute Gasteiger partial charge is 0.491 e. The summed E-state index contributed by atoms with van der Waals surface area (Å²) in [5.41, 5.74) is 0. The zero-order chi connectivity index (χ0) is 17.2. The highest BCUT2D eigenvalue weighted by molar-refractivity contribution is 6.42. The average molecular weight is 361 g/mol. The Hall–Kier alpha value is -1.46. The number of hydrogen-bond donors (Lipinski definition) is 2. The van der Waals surface area contributed by atoms with E-state index in [1.54, 1.807) is 18.2 Å². The number of hydrogen-bond acceptors (Lipinski definition) is 3. The summed E-state index contributed by atoms with van der Waals surface area (Å²) < 4.78 is 5.43. The number of halogens is 2. The molecule has 1 atom stereocenters. The second-order valence-electron chi connectivity index (χ2n) is 5.13. The summed E-state index contributed by atoms with van der Waals surface area (Å²) in [5, 5.41) is 6.25. The fourth-order valence-electron chi connectivity index (χ4n) is 1.70. The molecule has 0 aliphatic heterocycles. The molecule has 1 rings (SSSR count). The highest BCUT2D eigenvalue weighted by Crippen LogP contribution is 2.31. The van der Waals surface area contributed by atoms with Crippen LogP contribution in [0.3, 0.4) is 0 Å². The third-order valence-electron chi connectivity index (χ3n) is 3.20. The van der Waals surface area contributed by atoms with Gasteiger partial charge in [0.25, 0.3) is 0 Å². The molecular formula is C16H22Cl2N2O3. The Balaban J connectivity index is 2.20. The summed E-state index contributed by atoms with van der Waals surface area (Å²) >= 11 is 11.8. The van der Waals surface area contributed by atoms with Crippen LogP contribution in [0, 0.1) is 0 Å². The van der Waals surface area contributed by atoms with E-state index >= 15 is 0 Å². The van der Waals surface area contributed by atoms with Crippen molar-refractivity contribution in [2.24, 2.45) is 0 Å². The molecule has 5 nitrogen and oxygen atoms in total. The van der Waals surface area contributed by atoms with Crippen molar-refractivity contribution in [1.82, 2.24) is 10.6 Å². The molecule has 0 heterocycles. The third kappa shape index (κ3) is 7.57. The van der Waals surface area contributed by atoms with Crippen molar-refractivity contribution in [2.75, 3.05) is 13.2 Å². The van der Waals surface area contributed by atoms with Crippen molar-refractivity contribution in [1.29, 1.82) is 0 Å². The van der Waals surface area contributed by atoms with Gasteiger partial charge in [0.2, 0.25) is 11.8 Å². The lowest BCUT2D eigenvalue weighted by molar-refractivity contribution is -0.122. The van der Waals surface area contributed by atoms with E-state index < -0.39 is 0 Å². The molecule has 0 bridgehead atoms. The Morgan fingerprint density at radius 1 is 1.22 bits per heavy atom. The number of carbonyl (C=O) groups is 2. The Kier molecular flexibility index (Phi) is 8.81. The summed E-state index contributed by atoms with van der Waals surface area (Å²) in [6.45, 7) is 4.43. The number of rotatable bonds is 9. The van der Waals surface area contributed by atoms with E-state index in [4.69, 9.17) is 27.9 Å². The van der Waals surface area contributed by atoms with Gasteiger partial charge in [0.15, 0.2) is 0 Å². The molecule has 0 spiro atoms. The number of benzene rings is 1. The van der Waals surface area contributed by atoms with E-state index in [0.717, 1.165) is 6.42 Å². The summed E-state index contributed by atoms with van der Waals surface area (Å²) in [6.07, 6.45) is 1.31. The average Bonchev–Trinajstić information content (AvgIpc) is 2.51. The maximum absolute atomic E-state index is 11.7. The van der Waals surface area contributed by atoms with Crippen LogP contribution in [-0.4, -0.2) is 31.0 Å². The maximum Gasteiger partial charge on any atom is 0.223 e. The van der Waals surface area contributed by atoms with Crippen molar-refractivity contribution < 1.29 is 14.3 Å². The van der Waals surface area contributed by atoms with Crippen LogP contribution < -0.4 is 15.4 Å². The molecule has 0 saturated heterocycles. The van der Waals surface area contributed by atoms with E-state index in [-0.39, 0.29) is 37.3 Å². The first-order chi connectivity index (χ1) is 10.9. The molecule has 7 heteroatoms. The van der Waals surface area contributed by atoms with Gasteiger partial charge in [-0.25, -0.2) is 0 Å². The van der Waals surface area contributed by atoms with Gasteiger partial charge in [-0.2, -0.15) is 0 Å². The lowest BCUT2D eigenvalue weighted by atomic mass is 10.2.